The third kappa shape index (κ3) is 5.68. The minimum atomic E-state index is -1.02. The standard InChI is InChI=1S/C36H27N3O5S2/c1-22-8-2-3-10-25(22)20-44-27-17-15-24(16-18-27)32(40)30-31(29-14-7-19-43-29)39(34(42)33(30)41)35-37-38-36(46-35)45-21-26-12-6-11-23-9-4-5-13-28(23)26/h2-19,31,40H,20-21H2,1H3/b32-30+. The van der Waals surface area contributed by atoms with E-state index in [-0.39, 0.29) is 16.5 Å². The van der Waals surface area contributed by atoms with Gasteiger partial charge in [0, 0.05) is 11.3 Å². The van der Waals surface area contributed by atoms with Crippen molar-refractivity contribution >= 4 is 56.5 Å². The van der Waals surface area contributed by atoms with E-state index in [0.29, 0.717) is 33.8 Å². The van der Waals surface area contributed by atoms with Crippen LogP contribution in [0.25, 0.3) is 16.5 Å². The van der Waals surface area contributed by atoms with Crippen LogP contribution in [0.4, 0.5) is 5.13 Å². The van der Waals surface area contributed by atoms with Gasteiger partial charge in [0.15, 0.2) is 4.34 Å². The van der Waals surface area contributed by atoms with Crippen molar-refractivity contribution in [2.75, 3.05) is 4.90 Å². The summed E-state index contributed by atoms with van der Waals surface area (Å²) in [5.74, 6) is -0.393. The Labute approximate surface area is 273 Å². The summed E-state index contributed by atoms with van der Waals surface area (Å²) in [5, 5.41) is 22.6. The second kappa shape index (κ2) is 12.7. The Kier molecular flexibility index (Phi) is 8.13. The number of anilines is 1. The molecule has 0 saturated carbocycles. The molecule has 46 heavy (non-hydrogen) atoms. The Morgan fingerprint density at radius 1 is 0.913 bits per heavy atom. The van der Waals surface area contributed by atoms with Crippen molar-refractivity contribution in [2.45, 2.75) is 29.7 Å². The highest BCUT2D eigenvalue weighted by atomic mass is 32.2. The van der Waals surface area contributed by atoms with E-state index in [1.165, 1.54) is 34.3 Å². The van der Waals surface area contributed by atoms with Gasteiger partial charge in [-0.25, -0.2) is 0 Å². The molecule has 1 aliphatic heterocycles. The van der Waals surface area contributed by atoms with E-state index in [1.807, 2.05) is 49.4 Å². The van der Waals surface area contributed by atoms with E-state index in [0.717, 1.165) is 27.5 Å². The number of furan rings is 1. The molecule has 0 radical (unpaired) electrons. The Hall–Kier alpha value is -5.19. The summed E-state index contributed by atoms with van der Waals surface area (Å²) in [6.07, 6.45) is 1.46. The third-order valence-electron chi connectivity index (χ3n) is 7.87. The number of thioether (sulfide) groups is 1. The molecule has 0 bridgehead atoms. The number of aromatic nitrogens is 2. The zero-order valence-electron chi connectivity index (χ0n) is 24.6. The van der Waals surface area contributed by atoms with E-state index >= 15 is 0 Å². The molecule has 228 valence electrons. The number of aliphatic hydroxyl groups excluding tert-OH is 1. The molecule has 7 rings (SSSR count). The van der Waals surface area contributed by atoms with Crippen LogP contribution in [0.1, 0.15) is 34.1 Å². The smallest absolute Gasteiger partial charge is 0.302 e. The number of aliphatic hydroxyl groups is 1. The van der Waals surface area contributed by atoms with Gasteiger partial charge in [-0.1, -0.05) is 89.8 Å². The molecule has 10 heteroatoms. The number of carbonyl (C=O) groups is 2. The molecule has 1 aliphatic rings. The Balaban J connectivity index is 1.15. The van der Waals surface area contributed by atoms with Gasteiger partial charge in [-0.15, -0.1) is 10.2 Å². The lowest BCUT2D eigenvalue weighted by Gasteiger charge is -2.20. The highest BCUT2D eigenvalue weighted by molar-refractivity contribution is 8.00. The number of amides is 1. The fraction of sp³-hybridized carbons (Fsp3) is 0.111. The summed E-state index contributed by atoms with van der Waals surface area (Å²) in [6, 6.07) is 31.4. The predicted octanol–water partition coefficient (Wildman–Crippen LogP) is 8.09. The van der Waals surface area contributed by atoms with Crippen LogP contribution in [0, 0.1) is 6.92 Å². The molecule has 1 amide bonds. The van der Waals surface area contributed by atoms with Gasteiger partial charge in [0.05, 0.1) is 11.8 Å². The van der Waals surface area contributed by atoms with Crippen LogP contribution in [0.15, 0.2) is 124 Å². The molecule has 1 N–H and O–H groups in total. The number of ketones is 1. The lowest BCUT2D eigenvalue weighted by molar-refractivity contribution is -0.132. The molecule has 0 spiro atoms. The number of hydrogen-bond acceptors (Lipinski definition) is 9. The van der Waals surface area contributed by atoms with Crippen LogP contribution in [-0.4, -0.2) is 27.0 Å². The van der Waals surface area contributed by atoms with Gasteiger partial charge < -0.3 is 14.3 Å². The molecule has 4 aromatic carbocycles. The van der Waals surface area contributed by atoms with Crippen LogP contribution in [-0.2, 0) is 21.9 Å². The van der Waals surface area contributed by atoms with Crippen LogP contribution >= 0.6 is 23.1 Å². The van der Waals surface area contributed by atoms with E-state index in [1.54, 1.807) is 36.4 Å². The largest absolute Gasteiger partial charge is 0.507 e. The van der Waals surface area contributed by atoms with Crippen molar-refractivity contribution in [3.63, 3.8) is 0 Å². The minimum absolute atomic E-state index is 0.0892. The number of fused-ring (bicyclic) bond motifs is 1. The van der Waals surface area contributed by atoms with Gasteiger partial charge in [0.1, 0.15) is 29.9 Å². The number of ether oxygens (including phenoxy) is 1. The lowest BCUT2D eigenvalue weighted by atomic mass is 9.99. The second-order valence-corrected chi connectivity index (χ2v) is 12.9. The van der Waals surface area contributed by atoms with Crippen molar-refractivity contribution in [1.82, 2.24) is 10.2 Å². The summed E-state index contributed by atoms with van der Waals surface area (Å²) in [6.45, 7) is 2.42. The maximum Gasteiger partial charge on any atom is 0.302 e. The topological polar surface area (TPSA) is 106 Å². The van der Waals surface area contributed by atoms with E-state index < -0.39 is 17.7 Å². The average Bonchev–Trinajstić information content (AvgIpc) is 3.84. The van der Waals surface area contributed by atoms with Crippen molar-refractivity contribution < 1.29 is 23.8 Å². The molecular weight excluding hydrogens is 619 g/mol. The predicted molar refractivity (Wildman–Crippen MR) is 179 cm³/mol. The summed E-state index contributed by atoms with van der Waals surface area (Å²) in [4.78, 5) is 28.2. The minimum Gasteiger partial charge on any atom is -0.507 e. The first kappa shape index (κ1) is 29.5. The first-order chi connectivity index (χ1) is 22.5. The normalized spacial score (nSPS) is 15.9. The SMILES string of the molecule is Cc1ccccc1COc1ccc(/C(O)=C2\C(=O)C(=O)N(c3nnc(SCc4cccc5ccccc45)s3)C2c2ccco2)cc1. The first-order valence-corrected chi connectivity index (χ1v) is 16.3. The summed E-state index contributed by atoms with van der Waals surface area (Å²) < 4.78 is 12.3. The quantitative estimate of drug-likeness (QED) is 0.0553. The zero-order chi connectivity index (χ0) is 31.6. The number of rotatable bonds is 9. The summed E-state index contributed by atoms with van der Waals surface area (Å²) in [7, 11) is 0. The third-order valence-corrected chi connectivity index (χ3v) is 9.98. The number of hydrogen-bond donors (Lipinski definition) is 1. The molecule has 2 aromatic heterocycles. The van der Waals surface area contributed by atoms with E-state index in [9.17, 15) is 14.7 Å². The van der Waals surface area contributed by atoms with Gasteiger partial charge in [0.25, 0.3) is 5.78 Å². The van der Waals surface area contributed by atoms with Gasteiger partial charge in [-0.05, 0) is 70.8 Å². The highest BCUT2D eigenvalue weighted by Crippen LogP contribution is 2.44. The zero-order valence-corrected chi connectivity index (χ0v) is 26.3. The number of nitrogens with zero attached hydrogens (tertiary/aromatic N) is 3. The number of benzene rings is 4. The van der Waals surface area contributed by atoms with E-state index in [4.69, 9.17) is 9.15 Å². The molecule has 8 nitrogen and oxygen atoms in total. The van der Waals surface area contributed by atoms with Crippen molar-refractivity contribution in [3.8, 4) is 5.75 Å². The number of carbonyl (C=O) groups excluding carboxylic acids is 2. The fourth-order valence-electron chi connectivity index (χ4n) is 5.46. The maximum atomic E-state index is 13.5. The van der Waals surface area contributed by atoms with Crippen LogP contribution < -0.4 is 9.64 Å². The molecule has 0 aliphatic carbocycles. The monoisotopic (exact) mass is 645 g/mol. The van der Waals surface area contributed by atoms with Crippen LogP contribution in [0.3, 0.4) is 0 Å². The Morgan fingerprint density at radius 2 is 1.67 bits per heavy atom. The fourth-order valence-corrected chi connectivity index (χ4v) is 7.33. The number of aryl methyl sites for hydroxylation is 1. The lowest BCUT2D eigenvalue weighted by Crippen LogP contribution is -2.29. The molecule has 1 fully saturated rings. The maximum absolute atomic E-state index is 13.5. The van der Waals surface area contributed by atoms with E-state index in [2.05, 4.69) is 34.5 Å². The van der Waals surface area contributed by atoms with Crippen molar-refractivity contribution in [2.24, 2.45) is 0 Å². The second-order valence-electron chi connectivity index (χ2n) is 10.7. The Bertz CT molecular complexity index is 2080. The summed E-state index contributed by atoms with van der Waals surface area (Å²) >= 11 is 2.71. The van der Waals surface area contributed by atoms with Gasteiger partial charge in [-0.3, -0.25) is 14.5 Å². The van der Waals surface area contributed by atoms with Crippen molar-refractivity contribution in [1.29, 1.82) is 0 Å². The average molecular weight is 646 g/mol. The van der Waals surface area contributed by atoms with Gasteiger partial charge >= 0.3 is 5.91 Å². The summed E-state index contributed by atoms with van der Waals surface area (Å²) in [5.41, 5.74) is 3.63. The molecule has 1 unspecified atom stereocenters. The van der Waals surface area contributed by atoms with Crippen LogP contribution in [0.2, 0.25) is 0 Å². The molecule has 1 saturated heterocycles. The van der Waals surface area contributed by atoms with Gasteiger partial charge in [-0.2, -0.15) is 0 Å². The van der Waals surface area contributed by atoms with Crippen LogP contribution in [0.5, 0.6) is 5.75 Å². The molecule has 1 atom stereocenters. The number of Topliss-reactive ketones (excluding diaryl/α,β-unsaturated/α-hetero) is 1. The molecule has 3 heterocycles. The molecule has 6 aromatic rings. The first-order valence-electron chi connectivity index (χ1n) is 14.5. The van der Waals surface area contributed by atoms with Crippen molar-refractivity contribution in [3.05, 3.63) is 143 Å². The Morgan fingerprint density at radius 3 is 2.48 bits per heavy atom. The highest BCUT2D eigenvalue weighted by Gasteiger charge is 2.49. The molecular formula is C36H27N3O5S2. The van der Waals surface area contributed by atoms with Gasteiger partial charge in [0.2, 0.25) is 5.13 Å².